The van der Waals surface area contributed by atoms with Crippen LogP contribution in [0.5, 0.6) is 0 Å². The molecule has 2 nitrogen and oxygen atoms in total. The number of ether oxygens (including phenoxy) is 1. The van der Waals surface area contributed by atoms with Gasteiger partial charge in [-0.15, -0.1) is 0 Å². The Kier molecular flexibility index (Phi) is 3.06. The van der Waals surface area contributed by atoms with E-state index in [4.69, 9.17) is 4.74 Å². The van der Waals surface area contributed by atoms with Crippen LogP contribution in [0.1, 0.15) is 29.3 Å². The van der Waals surface area contributed by atoms with Gasteiger partial charge in [0.05, 0.1) is 12.7 Å². The number of Topliss-reactive ketones (excluding diaryl/α,β-unsaturated/α-hetero) is 1. The molecule has 0 aliphatic carbocycles. The van der Waals surface area contributed by atoms with Crippen LogP contribution in [-0.4, -0.2) is 18.5 Å². The van der Waals surface area contributed by atoms with Crippen LogP contribution in [0, 0.1) is 18.7 Å². The van der Waals surface area contributed by atoms with E-state index in [1.807, 2.05) is 13.8 Å². The third-order valence-corrected chi connectivity index (χ3v) is 3.03. The quantitative estimate of drug-likeness (QED) is 0.719. The molecule has 0 spiro atoms. The first-order valence-electron chi connectivity index (χ1n) is 5.50. The molecule has 0 N–H and O–H groups in total. The van der Waals surface area contributed by atoms with Crippen LogP contribution in [-0.2, 0) is 4.74 Å². The van der Waals surface area contributed by atoms with Gasteiger partial charge >= 0.3 is 0 Å². The molecule has 0 aromatic heterocycles. The molecule has 1 aliphatic rings. The van der Waals surface area contributed by atoms with Crippen LogP contribution in [0.2, 0.25) is 0 Å². The van der Waals surface area contributed by atoms with Crippen LogP contribution in [0.25, 0.3) is 0 Å². The van der Waals surface area contributed by atoms with Crippen molar-refractivity contribution in [2.75, 3.05) is 6.61 Å². The Hall–Kier alpha value is -1.22. The van der Waals surface area contributed by atoms with Crippen molar-refractivity contribution in [3.63, 3.8) is 0 Å². The zero-order valence-electron chi connectivity index (χ0n) is 9.50. The van der Waals surface area contributed by atoms with E-state index in [0.717, 1.165) is 12.0 Å². The Balaban J connectivity index is 2.23. The summed E-state index contributed by atoms with van der Waals surface area (Å²) in [4.78, 5) is 12.1. The molecule has 0 radical (unpaired) electrons. The molecule has 2 atom stereocenters. The molecule has 2 unspecified atom stereocenters. The Labute approximate surface area is 94.4 Å². The summed E-state index contributed by atoms with van der Waals surface area (Å²) < 4.78 is 18.5. The van der Waals surface area contributed by atoms with Crippen molar-refractivity contribution >= 4 is 5.78 Å². The second-order valence-electron chi connectivity index (χ2n) is 4.40. The lowest BCUT2D eigenvalue weighted by Gasteiger charge is -2.09. The number of hydrogen-bond acceptors (Lipinski definition) is 2. The number of benzene rings is 1. The summed E-state index contributed by atoms with van der Waals surface area (Å²) in [5, 5.41) is 0. The molecule has 1 aromatic carbocycles. The third kappa shape index (κ3) is 2.14. The SMILES string of the molecule is Cc1ccc(F)cc1C(=O)C1COC(C)C1. The number of ketones is 1. The van der Waals surface area contributed by atoms with E-state index in [1.165, 1.54) is 12.1 Å². The molecule has 2 rings (SSSR count). The summed E-state index contributed by atoms with van der Waals surface area (Å²) in [6, 6.07) is 4.34. The molecule has 1 fully saturated rings. The highest BCUT2D eigenvalue weighted by atomic mass is 19.1. The first-order valence-corrected chi connectivity index (χ1v) is 5.50. The number of hydrogen-bond donors (Lipinski definition) is 0. The van der Waals surface area contributed by atoms with Gasteiger partial charge in [0.1, 0.15) is 5.82 Å². The van der Waals surface area contributed by atoms with Crippen molar-refractivity contribution in [3.05, 3.63) is 35.1 Å². The van der Waals surface area contributed by atoms with Gasteiger partial charge in [-0.25, -0.2) is 4.39 Å². The third-order valence-electron chi connectivity index (χ3n) is 3.03. The predicted octanol–water partition coefficient (Wildman–Crippen LogP) is 2.74. The molecule has 1 heterocycles. The highest BCUT2D eigenvalue weighted by Crippen LogP contribution is 2.24. The van der Waals surface area contributed by atoms with Crippen LogP contribution in [0.15, 0.2) is 18.2 Å². The van der Waals surface area contributed by atoms with Crippen molar-refractivity contribution in [2.45, 2.75) is 26.4 Å². The van der Waals surface area contributed by atoms with Gasteiger partial charge in [-0.1, -0.05) is 6.07 Å². The monoisotopic (exact) mass is 222 g/mol. The summed E-state index contributed by atoms with van der Waals surface area (Å²) in [6.07, 6.45) is 0.859. The first kappa shape index (κ1) is 11.3. The standard InChI is InChI=1S/C13H15FO2/c1-8-3-4-11(14)6-12(8)13(15)10-5-9(2)16-7-10/h3-4,6,9-10H,5,7H2,1-2H3. The van der Waals surface area contributed by atoms with E-state index in [1.54, 1.807) is 6.07 Å². The molecule has 0 bridgehead atoms. The van der Waals surface area contributed by atoms with Crippen LogP contribution >= 0.6 is 0 Å². The van der Waals surface area contributed by atoms with Gasteiger partial charge in [0.15, 0.2) is 5.78 Å². The molecule has 1 saturated heterocycles. The molecule has 1 aliphatic heterocycles. The Morgan fingerprint density at radius 1 is 1.50 bits per heavy atom. The highest BCUT2D eigenvalue weighted by Gasteiger charge is 2.29. The normalized spacial score (nSPS) is 24.7. The topological polar surface area (TPSA) is 26.3 Å². The largest absolute Gasteiger partial charge is 0.378 e. The minimum absolute atomic E-state index is 0.00125. The van der Waals surface area contributed by atoms with Crippen molar-refractivity contribution < 1.29 is 13.9 Å². The van der Waals surface area contributed by atoms with E-state index < -0.39 is 0 Å². The number of carbonyl (C=O) groups excluding carboxylic acids is 1. The lowest BCUT2D eigenvalue weighted by atomic mass is 9.93. The molecular weight excluding hydrogens is 207 g/mol. The number of aryl methyl sites for hydroxylation is 1. The van der Waals surface area contributed by atoms with E-state index in [2.05, 4.69) is 0 Å². The van der Waals surface area contributed by atoms with Crippen molar-refractivity contribution in [1.82, 2.24) is 0 Å². The predicted molar refractivity (Wildman–Crippen MR) is 59.0 cm³/mol. The van der Waals surface area contributed by atoms with Gasteiger partial charge in [-0.3, -0.25) is 4.79 Å². The van der Waals surface area contributed by atoms with Gasteiger partial charge in [-0.05, 0) is 38.0 Å². The summed E-state index contributed by atoms with van der Waals surface area (Å²) in [7, 11) is 0. The fourth-order valence-corrected chi connectivity index (χ4v) is 2.08. The zero-order valence-corrected chi connectivity index (χ0v) is 9.50. The summed E-state index contributed by atoms with van der Waals surface area (Å²) in [5.41, 5.74) is 1.31. The minimum Gasteiger partial charge on any atom is -0.378 e. The smallest absolute Gasteiger partial charge is 0.168 e. The van der Waals surface area contributed by atoms with Gasteiger partial charge < -0.3 is 4.74 Å². The average Bonchev–Trinajstić information content (AvgIpc) is 2.67. The maximum Gasteiger partial charge on any atom is 0.168 e. The Morgan fingerprint density at radius 2 is 2.25 bits per heavy atom. The van der Waals surface area contributed by atoms with Crippen molar-refractivity contribution in [3.8, 4) is 0 Å². The van der Waals surface area contributed by atoms with Gasteiger partial charge in [0.25, 0.3) is 0 Å². The lowest BCUT2D eigenvalue weighted by Crippen LogP contribution is -2.16. The maximum absolute atomic E-state index is 13.1. The van der Waals surface area contributed by atoms with E-state index in [9.17, 15) is 9.18 Å². The molecule has 0 saturated carbocycles. The number of carbonyl (C=O) groups is 1. The van der Waals surface area contributed by atoms with Crippen LogP contribution < -0.4 is 0 Å². The molecular formula is C13H15FO2. The van der Waals surface area contributed by atoms with Gasteiger partial charge in [-0.2, -0.15) is 0 Å². The maximum atomic E-state index is 13.1. The van der Waals surface area contributed by atoms with Crippen molar-refractivity contribution in [2.24, 2.45) is 5.92 Å². The molecule has 3 heteroatoms. The molecule has 16 heavy (non-hydrogen) atoms. The van der Waals surface area contributed by atoms with E-state index in [-0.39, 0.29) is 23.6 Å². The van der Waals surface area contributed by atoms with Crippen LogP contribution in [0.3, 0.4) is 0 Å². The van der Waals surface area contributed by atoms with Gasteiger partial charge in [0, 0.05) is 11.5 Å². The summed E-state index contributed by atoms with van der Waals surface area (Å²) >= 11 is 0. The Morgan fingerprint density at radius 3 is 2.88 bits per heavy atom. The van der Waals surface area contributed by atoms with E-state index >= 15 is 0 Å². The molecule has 0 amide bonds. The number of halogens is 1. The fourth-order valence-electron chi connectivity index (χ4n) is 2.08. The van der Waals surface area contributed by atoms with Crippen LogP contribution in [0.4, 0.5) is 4.39 Å². The molecule has 86 valence electrons. The summed E-state index contributed by atoms with van der Waals surface area (Å²) in [5.74, 6) is -0.474. The van der Waals surface area contributed by atoms with Gasteiger partial charge in [0.2, 0.25) is 0 Å². The summed E-state index contributed by atoms with van der Waals surface area (Å²) in [6.45, 7) is 4.23. The van der Waals surface area contributed by atoms with E-state index in [0.29, 0.717) is 12.2 Å². The zero-order chi connectivity index (χ0) is 11.7. The fraction of sp³-hybridized carbons (Fsp3) is 0.462. The number of rotatable bonds is 2. The lowest BCUT2D eigenvalue weighted by molar-refractivity contribution is 0.0876. The average molecular weight is 222 g/mol. The first-order chi connectivity index (χ1) is 7.58. The second kappa shape index (κ2) is 4.34. The Bertz CT molecular complexity index is 414. The minimum atomic E-state index is -0.360. The highest BCUT2D eigenvalue weighted by molar-refractivity contribution is 5.99. The molecule has 1 aromatic rings. The van der Waals surface area contributed by atoms with Crippen molar-refractivity contribution in [1.29, 1.82) is 0 Å². The second-order valence-corrected chi connectivity index (χ2v) is 4.40.